The molecule has 2 N–H and O–H groups in total. The van der Waals surface area contributed by atoms with Crippen LogP contribution in [0.5, 0.6) is 0 Å². The smallest absolute Gasteiger partial charge is 0.408 e. The van der Waals surface area contributed by atoms with Gasteiger partial charge in [-0.1, -0.05) is 30.3 Å². The van der Waals surface area contributed by atoms with E-state index < -0.39 is 18.1 Å². The number of carboxylic acids is 1. The number of aliphatic carboxylic acids is 1. The van der Waals surface area contributed by atoms with Crippen LogP contribution in [0.2, 0.25) is 0 Å². The van der Waals surface area contributed by atoms with Gasteiger partial charge in [0, 0.05) is 0 Å². The van der Waals surface area contributed by atoms with Crippen LogP contribution in [0.15, 0.2) is 30.3 Å². The standard InChI is InChI=1S/C11H13NO4/c1-8(10(13)14)12-11(15)16-7-9-5-3-2-4-6-9/h2-6,8H,7H2,1H3,(H,12,15)(H,13,14). The number of carbonyl (C=O) groups is 2. The van der Waals surface area contributed by atoms with E-state index in [0.717, 1.165) is 5.56 Å². The summed E-state index contributed by atoms with van der Waals surface area (Å²) in [7, 11) is 0. The van der Waals surface area contributed by atoms with Crippen molar-refractivity contribution in [1.29, 1.82) is 0 Å². The van der Waals surface area contributed by atoms with Crippen LogP contribution in [0, 0.1) is 0 Å². The molecule has 1 aromatic carbocycles. The van der Waals surface area contributed by atoms with Gasteiger partial charge in [0.15, 0.2) is 0 Å². The van der Waals surface area contributed by atoms with E-state index in [4.69, 9.17) is 9.84 Å². The van der Waals surface area contributed by atoms with Gasteiger partial charge in [-0.2, -0.15) is 0 Å². The molecule has 0 aliphatic heterocycles. The van der Waals surface area contributed by atoms with Crippen LogP contribution >= 0.6 is 0 Å². The Morgan fingerprint density at radius 1 is 1.38 bits per heavy atom. The van der Waals surface area contributed by atoms with Crippen LogP contribution < -0.4 is 5.32 Å². The fourth-order valence-corrected chi connectivity index (χ4v) is 1.00. The largest absolute Gasteiger partial charge is 0.480 e. The highest BCUT2D eigenvalue weighted by molar-refractivity contribution is 5.79. The summed E-state index contributed by atoms with van der Waals surface area (Å²) in [6.45, 7) is 1.49. The van der Waals surface area contributed by atoms with E-state index in [-0.39, 0.29) is 6.61 Å². The second kappa shape index (κ2) is 5.75. The molecule has 5 heteroatoms. The minimum absolute atomic E-state index is 0.124. The number of amides is 1. The Bertz CT molecular complexity index is 364. The van der Waals surface area contributed by atoms with E-state index in [0.29, 0.717) is 0 Å². The Kier molecular flexibility index (Phi) is 4.32. The van der Waals surface area contributed by atoms with E-state index in [1.165, 1.54) is 6.92 Å². The summed E-state index contributed by atoms with van der Waals surface area (Å²) in [5, 5.41) is 10.7. The van der Waals surface area contributed by atoms with Gasteiger partial charge in [-0.3, -0.25) is 4.79 Å². The molecule has 16 heavy (non-hydrogen) atoms. The van der Waals surface area contributed by atoms with Gasteiger partial charge in [0.2, 0.25) is 0 Å². The molecule has 1 amide bonds. The number of hydrogen-bond acceptors (Lipinski definition) is 3. The Balaban J connectivity index is 2.33. The highest BCUT2D eigenvalue weighted by Gasteiger charge is 2.14. The topological polar surface area (TPSA) is 75.6 Å². The SMILES string of the molecule is CC(NC(=O)OCc1ccccc1)C(=O)O. The lowest BCUT2D eigenvalue weighted by atomic mass is 10.2. The van der Waals surface area contributed by atoms with Crippen molar-refractivity contribution in [3.8, 4) is 0 Å². The Morgan fingerprint density at radius 3 is 2.56 bits per heavy atom. The van der Waals surface area contributed by atoms with E-state index in [9.17, 15) is 9.59 Å². The van der Waals surface area contributed by atoms with Crippen molar-refractivity contribution in [1.82, 2.24) is 5.32 Å². The summed E-state index contributed by atoms with van der Waals surface area (Å²) in [6.07, 6.45) is -0.737. The van der Waals surface area contributed by atoms with Crippen molar-refractivity contribution < 1.29 is 19.4 Å². The molecule has 86 valence electrons. The molecule has 5 nitrogen and oxygen atoms in total. The lowest BCUT2D eigenvalue weighted by molar-refractivity contribution is -0.138. The number of hydrogen-bond donors (Lipinski definition) is 2. The average molecular weight is 223 g/mol. The highest BCUT2D eigenvalue weighted by Crippen LogP contribution is 2.00. The molecule has 0 aromatic heterocycles. The van der Waals surface area contributed by atoms with Gasteiger partial charge in [0.05, 0.1) is 0 Å². The van der Waals surface area contributed by atoms with Crippen LogP contribution in [0.1, 0.15) is 12.5 Å². The first-order chi connectivity index (χ1) is 7.59. The molecule has 0 aliphatic rings. The van der Waals surface area contributed by atoms with Crippen molar-refractivity contribution >= 4 is 12.1 Å². The summed E-state index contributed by atoms with van der Waals surface area (Å²) in [4.78, 5) is 21.6. The molecule has 0 radical (unpaired) electrons. The molecule has 1 unspecified atom stereocenters. The quantitative estimate of drug-likeness (QED) is 0.808. The molecule has 0 heterocycles. The monoisotopic (exact) mass is 223 g/mol. The molecule has 1 rings (SSSR count). The number of alkyl carbamates (subject to hydrolysis) is 1. The van der Waals surface area contributed by atoms with Gasteiger partial charge < -0.3 is 15.2 Å². The van der Waals surface area contributed by atoms with Crippen LogP contribution in [0.3, 0.4) is 0 Å². The summed E-state index contributed by atoms with van der Waals surface area (Å²) < 4.78 is 4.84. The minimum atomic E-state index is -1.10. The predicted octanol–water partition coefficient (Wildman–Crippen LogP) is 1.39. The second-order valence-corrected chi connectivity index (χ2v) is 3.27. The maximum atomic E-state index is 11.1. The zero-order valence-electron chi connectivity index (χ0n) is 8.84. The fourth-order valence-electron chi connectivity index (χ4n) is 1.00. The van der Waals surface area contributed by atoms with Gasteiger partial charge in [0.25, 0.3) is 0 Å². The minimum Gasteiger partial charge on any atom is -0.480 e. The summed E-state index contributed by atoms with van der Waals surface area (Å²) in [5.41, 5.74) is 0.848. The Labute approximate surface area is 93.0 Å². The number of rotatable bonds is 4. The molecule has 1 aromatic rings. The number of benzene rings is 1. The van der Waals surface area contributed by atoms with Crippen LogP contribution in [0.4, 0.5) is 4.79 Å². The number of carbonyl (C=O) groups excluding carboxylic acids is 1. The normalized spacial score (nSPS) is 11.6. The second-order valence-electron chi connectivity index (χ2n) is 3.27. The molecule has 0 spiro atoms. The van der Waals surface area contributed by atoms with Gasteiger partial charge in [0.1, 0.15) is 12.6 Å². The van der Waals surface area contributed by atoms with Crippen molar-refractivity contribution in [3.63, 3.8) is 0 Å². The number of ether oxygens (including phenoxy) is 1. The molecular formula is C11H13NO4. The number of carboxylic acid groups (broad SMARTS) is 1. The molecule has 0 saturated heterocycles. The summed E-state index contributed by atoms with van der Waals surface area (Å²) in [5.74, 6) is -1.10. The maximum absolute atomic E-state index is 11.1. The number of nitrogens with one attached hydrogen (secondary N) is 1. The Hall–Kier alpha value is -2.04. The maximum Gasteiger partial charge on any atom is 0.408 e. The zero-order valence-corrected chi connectivity index (χ0v) is 8.84. The third kappa shape index (κ3) is 4.00. The van der Waals surface area contributed by atoms with Crippen molar-refractivity contribution in [3.05, 3.63) is 35.9 Å². The van der Waals surface area contributed by atoms with Gasteiger partial charge in [-0.25, -0.2) is 4.79 Å². The highest BCUT2D eigenvalue weighted by atomic mass is 16.5. The third-order valence-electron chi connectivity index (χ3n) is 1.92. The first kappa shape index (κ1) is 12.0. The molecule has 0 fully saturated rings. The first-order valence-corrected chi connectivity index (χ1v) is 4.79. The molecular weight excluding hydrogens is 210 g/mol. The first-order valence-electron chi connectivity index (χ1n) is 4.79. The van der Waals surface area contributed by atoms with Gasteiger partial charge in [-0.15, -0.1) is 0 Å². The molecule has 0 saturated carbocycles. The van der Waals surface area contributed by atoms with Crippen molar-refractivity contribution in [2.24, 2.45) is 0 Å². The third-order valence-corrected chi connectivity index (χ3v) is 1.92. The lowest BCUT2D eigenvalue weighted by Gasteiger charge is -2.09. The summed E-state index contributed by atoms with van der Waals surface area (Å²) >= 11 is 0. The molecule has 0 bridgehead atoms. The van der Waals surface area contributed by atoms with Crippen LogP contribution in [-0.4, -0.2) is 23.2 Å². The Morgan fingerprint density at radius 2 is 2.00 bits per heavy atom. The fraction of sp³-hybridized carbons (Fsp3) is 0.273. The van der Waals surface area contributed by atoms with Gasteiger partial charge in [-0.05, 0) is 12.5 Å². The van der Waals surface area contributed by atoms with E-state index >= 15 is 0 Å². The summed E-state index contributed by atoms with van der Waals surface area (Å²) in [6, 6.07) is 8.19. The van der Waals surface area contributed by atoms with Crippen molar-refractivity contribution in [2.75, 3.05) is 0 Å². The van der Waals surface area contributed by atoms with Crippen LogP contribution in [0.25, 0.3) is 0 Å². The van der Waals surface area contributed by atoms with Crippen molar-refractivity contribution in [2.45, 2.75) is 19.6 Å². The average Bonchev–Trinajstić information content (AvgIpc) is 2.27. The van der Waals surface area contributed by atoms with Crippen LogP contribution in [-0.2, 0) is 16.1 Å². The lowest BCUT2D eigenvalue weighted by Crippen LogP contribution is -2.38. The van der Waals surface area contributed by atoms with Gasteiger partial charge >= 0.3 is 12.1 Å². The molecule has 1 atom stereocenters. The van der Waals surface area contributed by atoms with E-state index in [1.807, 2.05) is 30.3 Å². The molecule has 0 aliphatic carbocycles. The van der Waals surface area contributed by atoms with E-state index in [2.05, 4.69) is 5.32 Å². The van der Waals surface area contributed by atoms with E-state index in [1.54, 1.807) is 0 Å². The zero-order chi connectivity index (χ0) is 12.0. The predicted molar refractivity (Wildman–Crippen MR) is 56.9 cm³/mol.